The standard InChI is InChI=1S/C21H37NO3/c1-3-4-5-6-7-8-9-10-11-12-13-14-15-16-17-18-19(23)20(22-2)21(24)25/h7-8,10-11,20,22H,3-6,9,12-18H2,1-2H3,(H,24,25)/b8-7-,11-10-. The van der Waals surface area contributed by atoms with Crippen molar-refractivity contribution < 1.29 is 14.7 Å². The first-order chi connectivity index (χ1) is 12.1. The molecular weight excluding hydrogens is 314 g/mol. The number of carbonyl (C=O) groups is 2. The Morgan fingerprint density at radius 2 is 1.44 bits per heavy atom. The fourth-order valence-corrected chi connectivity index (χ4v) is 2.68. The van der Waals surface area contributed by atoms with Crippen molar-refractivity contribution >= 4 is 11.8 Å². The summed E-state index contributed by atoms with van der Waals surface area (Å²) in [5.74, 6) is -1.31. The molecule has 0 aromatic rings. The van der Waals surface area contributed by atoms with Gasteiger partial charge in [-0.1, -0.05) is 63.3 Å². The molecule has 0 amide bonds. The van der Waals surface area contributed by atoms with Crippen LogP contribution in [0.15, 0.2) is 24.3 Å². The van der Waals surface area contributed by atoms with Gasteiger partial charge in [0.2, 0.25) is 0 Å². The van der Waals surface area contributed by atoms with E-state index in [1.54, 1.807) is 0 Å². The first kappa shape index (κ1) is 23.6. The maximum absolute atomic E-state index is 11.7. The summed E-state index contributed by atoms with van der Waals surface area (Å²) in [7, 11) is 1.51. The van der Waals surface area contributed by atoms with Gasteiger partial charge in [-0.3, -0.25) is 9.59 Å². The quantitative estimate of drug-likeness (QED) is 0.219. The van der Waals surface area contributed by atoms with Crippen molar-refractivity contribution in [3.8, 4) is 0 Å². The van der Waals surface area contributed by atoms with Crippen LogP contribution in [0.3, 0.4) is 0 Å². The van der Waals surface area contributed by atoms with Gasteiger partial charge in [-0.05, 0) is 45.6 Å². The van der Waals surface area contributed by atoms with Crippen LogP contribution < -0.4 is 5.32 Å². The van der Waals surface area contributed by atoms with Crippen LogP contribution in [-0.2, 0) is 9.59 Å². The van der Waals surface area contributed by atoms with Gasteiger partial charge in [-0.25, -0.2) is 0 Å². The molecule has 0 radical (unpaired) electrons. The van der Waals surface area contributed by atoms with E-state index >= 15 is 0 Å². The number of ketones is 1. The molecule has 144 valence electrons. The number of unbranched alkanes of at least 4 members (excludes halogenated alkanes) is 8. The molecule has 1 atom stereocenters. The molecule has 0 aromatic heterocycles. The van der Waals surface area contributed by atoms with Crippen LogP contribution >= 0.6 is 0 Å². The van der Waals surface area contributed by atoms with Crippen LogP contribution in [0, 0.1) is 0 Å². The molecule has 0 saturated heterocycles. The van der Waals surface area contributed by atoms with Crippen LogP contribution in [0.5, 0.6) is 0 Å². The van der Waals surface area contributed by atoms with E-state index in [0.29, 0.717) is 6.42 Å². The predicted molar refractivity (Wildman–Crippen MR) is 105 cm³/mol. The second kappa shape index (κ2) is 17.4. The lowest BCUT2D eigenvalue weighted by molar-refractivity contribution is -0.143. The maximum Gasteiger partial charge on any atom is 0.328 e. The predicted octanol–water partition coefficient (Wildman–Crippen LogP) is 5.04. The van der Waals surface area contributed by atoms with Crippen LogP contribution in [0.25, 0.3) is 0 Å². The third-order valence-corrected chi connectivity index (χ3v) is 4.23. The van der Waals surface area contributed by atoms with Crippen LogP contribution in [0.4, 0.5) is 0 Å². The van der Waals surface area contributed by atoms with Crippen LogP contribution in [-0.4, -0.2) is 29.9 Å². The molecule has 0 bridgehead atoms. The number of carbonyl (C=O) groups excluding carboxylic acids is 1. The third kappa shape index (κ3) is 14.6. The van der Waals surface area contributed by atoms with Gasteiger partial charge in [0.25, 0.3) is 0 Å². The number of carboxylic acid groups (broad SMARTS) is 1. The molecule has 0 rings (SSSR count). The van der Waals surface area contributed by atoms with Crippen LogP contribution in [0.1, 0.15) is 84.0 Å². The Balaban J connectivity index is 3.45. The van der Waals surface area contributed by atoms with Crippen molar-refractivity contribution in [3.63, 3.8) is 0 Å². The van der Waals surface area contributed by atoms with E-state index < -0.39 is 12.0 Å². The molecule has 1 unspecified atom stereocenters. The molecule has 4 nitrogen and oxygen atoms in total. The highest BCUT2D eigenvalue weighted by atomic mass is 16.4. The van der Waals surface area contributed by atoms with Gasteiger partial charge >= 0.3 is 5.97 Å². The van der Waals surface area contributed by atoms with E-state index in [0.717, 1.165) is 32.1 Å². The Morgan fingerprint density at radius 1 is 0.880 bits per heavy atom. The zero-order valence-corrected chi connectivity index (χ0v) is 16.1. The first-order valence-electron chi connectivity index (χ1n) is 9.86. The molecule has 0 aliphatic carbocycles. The molecule has 0 aromatic carbocycles. The van der Waals surface area contributed by atoms with Crippen molar-refractivity contribution in [1.29, 1.82) is 0 Å². The van der Waals surface area contributed by atoms with Crippen molar-refractivity contribution in [2.75, 3.05) is 7.05 Å². The molecule has 0 aliphatic rings. The Kier molecular flexibility index (Phi) is 16.4. The zero-order valence-electron chi connectivity index (χ0n) is 16.1. The average Bonchev–Trinajstić information content (AvgIpc) is 2.58. The molecule has 25 heavy (non-hydrogen) atoms. The molecule has 2 N–H and O–H groups in total. The molecule has 0 spiro atoms. The summed E-state index contributed by atoms with van der Waals surface area (Å²) < 4.78 is 0. The van der Waals surface area contributed by atoms with Crippen molar-refractivity contribution in [1.82, 2.24) is 5.32 Å². The van der Waals surface area contributed by atoms with Crippen molar-refractivity contribution in [2.24, 2.45) is 0 Å². The van der Waals surface area contributed by atoms with Gasteiger partial charge < -0.3 is 10.4 Å². The molecule has 0 heterocycles. The monoisotopic (exact) mass is 351 g/mol. The topological polar surface area (TPSA) is 66.4 Å². The highest BCUT2D eigenvalue weighted by Gasteiger charge is 2.22. The number of aliphatic carboxylic acids is 1. The summed E-state index contributed by atoms with van der Waals surface area (Å²) in [6, 6.07) is -1.05. The number of likely N-dealkylation sites (N-methyl/N-ethyl adjacent to an activating group) is 1. The summed E-state index contributed by atoms with van der Waals surface area (Å²) >= 11 is 0. The zero-order chi connectivity index (χ0) is 18.8. The molecular formula is C21H37NO3. The minimum atomic E-state index is -1.09. The summed E-state index contributed by atoms with van der Waals surface area (Å²) in [6.07, 6.45) is 21.8. The SMILES string of the molecule is CCCCC/C=C\C/C=C\CCCCCCCC(=O)C(NC)C(=O)O. The molecule has 4 heteroatoms. The Hall–Kier alpha value is -1.42. The second-order valence-electron chi connectivity index (χ2n) is 6.51. The van der Waals surface area contributed by atoms with E-state index in [2.05, 4.69) is 36.5 Å². The molecule has 0 saturated carbocycles. The third-order valence-electron chi connectivity index (χ3n) is 4.23. The Bertz CT molecular complexity index is 402. The number of hydrogen-bond acceptors (Lipinski definition) is 3. The average molecular weight is 352 g/mol. The summed E-state index contributed by atoms with van der Waals surface area (Å²) in [6.45, 7) is 2.23. The van der Waals surface area contributed by atoms with E-state index in [1.165, 1.54) is 45.6 Å². The van der Waals surface area contributed by atoms with Crippen molar-refractivity contribution in [3.05, 3.63) is 24.3 Å². The Labute approximate surface area is 153 Å². The number of rotatable bonds is 17. The lowest BCUT2D eigenvalue weighted by atomic mass is 10.0. The fraction of sp³-hybridized carbons (Fsp3) is 0.714. The maximum atomic E-state index is 11.7. The van der Waals surface area contributed by atoms with E-state index in [-0.39, 0.29) is 5.78 Å². The molecule has 0 aliphatic heterocycles. The number of Topliss-reactive ketones (excluding diaryl/α,β-unsaturated/α-hetero) is 1. The largest absolute Gasteiger partial charge is 0.480 e. The number of hydrogen-bond donors (Lipinski definition) is 2. The minimum Gasteiger partial charge on any atom is -0.480 e. The fourth-order valence-electron chi connectivity index (χ4n) is 2.68. The Morgan fingerprint density at radius 3 is 2.00 bits per heavy atom. The highest BCUT2D eigenvalue weighted by molar-refractivity contribution is 6.02. The normalized spacial score (nSPS) is 12.9. The number of nitrogens with one attached hydrogen (secondary N) is 1. The number of carboxylic acids is 1. The minimum absolute atomic E-state index is 0.222. The van der Waals surface area contributed by atoms with Gasteiger partial charge in [-0.2, -0.15) is 0 Å². The van der Waals surface area contributed by atoms with Gasteiger partial charge in [0.15, 0.2) is 11.8 Å². The number of allylic oxidation sites excluding steroid dienone is 4. The smallest absolute Gasteiger partial charge is 0.328 e. The van der Waals surface area contributed by atoms with Crippen LogP contribution in [0.2, 0.25) is 0 Å². The van der Waals surface area contributed by atoms with Gasteiger partial charge in [-0.15, -0.1) is 0 Å². The van der Waals surface area contributed by atoms with Gasteiger partial charge in [0, 0.05) is 6.42 Å². The summed E-state index contributed by atoms with van der Waals surface area (Å²) in [5, 5.41) is 11.4. The lowest BCUT2D eigenvalue weighted by Crippen LogP contribution is -2.41. The summed E-state index contributed by atoms with van der Waals surface area (Å²) in [5.41, 5.74) is 0. The molecule has 0 fully saturated rings. The second-order valence-corrected chi connectivity index (χ2v) is 6.51. The first-order valence-corrected chi connectivity index (χ1v) is 9.86. The van der Waals surface area contributed by atoms with E-state index in [9.17, 15) is 9.59 Å². The summed E-state index contributed by atoms with van der Waals surface area (Å²) in [4.78, 5) is 22.5. The lowest BCUT2D eigenvalue weighted by Gasteiger charge is -2.09. The van der Waals surface area contributed by atoms with Gasteiger partial charge in [0.1, 0.15) is 0 Å². The van der Waals surface area contributed by atoms with Crippen molar-refractivity contribution in [2.45, 2.75) is 90.0 Å². The van der Waals surface area contributed by atoms with E-state index in [4.69, 9.17) is 5.11 Å². The highest BCUT2D eigenvalue weighted by Crippen LogP contribution is 2.09. The van der Waals surface area contributed by atoms with Gasteiger partial charge in [0.05, 0.1) is 0 Å². The van der Waals surface area contributed by atoms with E-state index in [1.807, 2.05) is 0 Å².